The van der Waals surface area contributed by atoms with Gasteiger partial charge in [-0.05, 0) is 34.6 Å². The lowest BCUT2D eigenvalue weighted by molar-refractivity contribution is 0.0950. The number of hydrogen-bond acceptors (Lipinski definition) is 2. The number of carbonyl (C=O) groups excluding carboxylic acids is 1. The zero-order chi connectivity index (χ0) is 10.7. The molecule has 0 radical (unpaired) electrons. The highest BCUT2D eigenvalue weighted by Gasteiger charge is 2.18. The molecule has 0 atom stereocenters. The first-order chi connectivity index (χ1) is 7.25. The molecule has 1 aromatic heterocycles. The standard InChI is InChI=1S/C12H15IOS/c13-12-7-10(8-15-12)11(14)6-9-4-2-1-3-5-9/h7-9H,1-6H2. The van der Waals surface area contributed by atoms with E-state index in [1.165, 1.54) is 35.0 Å². The molecule has 0 N–H and O–H groups in total. The normalized spacial score (nSPS) is 17.9. The number of Topliss-reactive ketones (excluding diaryl/α,β-unsaturated/α-hetero) is 1. The smallest absolute Gasteiger partial charge is 0.164 e. The van der Waals surface area contributed by atoms with E-state index >= 15 is 0 Å². The van der Waals surface area contributed by atoms with Crippen LogP contribution in [0.3, 0.4) is 0 Å². The highest BCUT2D eigenvalue weighted by atomic mass is 127. The van der Waals surface area contributed by atoms with E-state index < -0.39 is 0 Å². The van der Waals surface area contributed by atoms with E-state index in [4.69, 9.17) is 0 Å². The van der Waals surface area contributed by atoms with E-state index in [0.717, 1.165) is 12.0 Å². The second-order valence-corrected chi connectivity index (χ2v) is 7.08. The van der Waals surface area contributed by atoms with Gasteiger partial charge in [0.05, 0.1) is 2.88 Å². The first-order valence-electron chi connectivity index (χ1n) is 5.53. The van der Waals surface area contributed by atoms with Crippen molar-refractivity contribution in [1.29, 1.82) is 0 Å². The molecule has 0 aromatic carbocycles. The van der Waals surface area contributed by atoms with E-state index in [2.05, 4.69) is 22.6 Å². The van der Waals surface area contributed by atoms with E-state index in [1.54, 1.807) is 11.3 Å². The minimum Gasteiger partial charge on any atom is -0.294 e. The van der Waals surface area contributed by atoms with Gasteiger partial charge in [0.25, 0.3) is 0 Å². The molecule has 1 saturated carbocycles. The molecule has 1 heterocycles. The molecule has 0 saturated heterocycles. The number of thiophene rings is 1. The van der Waals surface area contributed by atoms with Gasteiger partial charge in [0.2, 0.25) is 0 Å². The van der Waals surface area contributed by atoms with Crippen LogP contribution >= 0.6 is 33.9 Å². The van der Waals surface area contributed by atoms with Gasteiger partial charge in [0.1, 0.15) is 0 Å². The molecule has 0 aliphatic heterocycles. The summed E-state index contributed by atoms with van der Waals surface area (Å²) in [4.78, 5) is 11.9. The Balaban J connectivity index is 1.91. The Labute approximate surface area is 108 Å². The Morgan fingerprint density at radius 2 is 2.13 bits per heavy atom. The van der Waals surface area contributed by atoms with E-state index in [0.29, 0.717) is 11.7 Å². The van der Waals surface area contributed by atoms with Gasteiger partial charge in [-0.1, -0.05) is 32.1 Å². The molecule has 3 heteroatoms. The van der Waals surface area contributed by atoms with E-state index in [-0.39, 0.29) is 0 Å². The van der Waals surface area contributed by atoms with Crippen molar-refractivity contribution in [2.75, 3.05) is 0 Å². The van der Waals surface area contributed by atoms with Gasteiger partial charge in [-0.3, -0.25) is 4.79 Å². The lowest BCUT2D eigenvalue weighted by Crippen LogP contribution is -2.11. The lowest BCUT2D eigenvalue weighted by atomic mass is 9.85. The fourth-order valence-corrected chi connectivity index (χ4v) is 3.58. The molecule has 15 heavy (non-hydrogen) atoms. The van der Waals surface area contributed by atoms with Crippen molar-refractivity contribution in [3.8, 4) is 0 Å². The first-order valence-corrected chi connectivity index (χ1v) is 7.49. The van der Waals surface area contributed by atoms with Crippen LogP contribution < -0.4 is 0 Å². The van der Waals surface area contributed by atoms with Crippen LogP contribution in [0, 0.1) is 8.80 Å². The van der Waals surface area contributed by atoms with Gasteiger partial charge in [0, 0.05) is 17.4 Å². The fourth-order valence-electron chi connectivity index (χ4n) is 2.23. The van der Waals surface area contributed by atoms with Gasteiger partial charge < -0.3 is 0 Å². The number of hydrogen-bond donors (Lipinski definition) is 0. The summed E-state index contributed by atoms with van der Waals surface area (Å²) in [5, 5.41) is 1.99. The third kappa shape index (κ3) is 3.28. The molecule has 82 valence electrons. The van der Waals surface area contributed by atoms with Crippen LogP contribution in [0.4, 0.5) is 0 Å². The van der Waals surface area contributed by atoms with Crippen molar-refractivity contribution in [3.63, 3.8) is 0 Å². The molecule has 1 aliphatic rings. The molecule has 1 fully saturated rings. The van der Waals surface area contributed by atoms with Crippen molar-refractivity contribution in [1.82, 2.24) is 0 Å². The van der Waals surface area contributed by atoms with Gasteiger partial charge in [-0.15, -0.1) is 11.3 Å². The predicted octanol–water partition coefficient (Wildman–Crippen LogP) is 4.51. The van der Waals surface area contributed by atoms with Crippen molar-refractivity contribution < 1.29 is 4.79 Å². The molecule has 1 aliphatic carbocycles. The summed E-state index contributed by atoms with van der Waals surface area (Å²) >= 11 is 3.93. The third-order valence-corrected chi connectivity index (χ3v) is 4.88. The molecule has 0 unspecified atom stereocenters. The molecular weight excluding hydrogens is 319 g/mol. The lowest BCUT2D eigenvalue weighted by Gasteiger charge is -2.20. The molecule has 0 amide bonds. The van der Waals surface area contributed by atoms with Crippen LogP contribution in [0.25, 0.3) is 0 Å². The Morgan fingerprint density at radius 1 is 1.40 bits per heavy atom. The van der Waals surface area contributed by atoms with Crippen LogP contribution in [0.15, 0.2) is 11.4 Å². The van der Waals surface area contributed by atoms with Gasteiger partial charge in [-0.25, -0.2) is 0 Å². The minimum atomic E-state index is 0.348. The van der Waals surface area contributed by atoms with E-state index in [1.807, 2.05) is 11.4 Å². The average molecular weight is 334 g/mol. The molecule has 2 rings (SSSR count). The number of ketones is 1. The fraction of sp³-hybridized carbons (Fsp3) is 0.583. The summed E-state index contributed by atoms with van der Waals surface area (Å²) in [6.07, 6.45) is 7.28. The first kappa shape index (κ1) is 11.6. The number of halogens is 1. The monoisotopic (exact) mass is 334 g/mol. The van der Waals surface area contributed by atoms with Gasteiger partial charge in [0.15, 0.2) is 5.78 Å². The maximum atomic E-state index is 11.9. The quantitative estimate of drug-likeness (QED) is 0.587. The van der Waals surface area contributed by atoms with Crippen LogP contribution in [0.5, 0.6) is 0 Å². The van der Waals surface area contributed by atoms with Gasteiger partial charge in [-0.2, -0.15) is 0 Å². The largest absolute Gasteiger partial charge is 0.294 e. The highest BCUT2D eigenvalue weighted by molar-refractivity contribution is 14.1. The minimum absolute atomic E-state index is 0.348. The Hall–Kier alpha value is 0.1000. The highest BCUT2D eigenvalue weighted by Crippen LogP contribution is 2.28. The molecule has 1 nitrogen and oxygen atoms in total. The SMILES string of the molecule is O=C(CC1CCCCC1)c1csc(I)c1. The van der Waals surface area contributed by atoms with Crippen LogP contribution in [-0.2, 0) is 0 Å². The Kier molecular flexibility index (Phi) is 4.20. The van der Waals surface area contributed by atoms with Crippen LogP contribution in [-0.4, -0.2) is 5.78 Å². The summed E-state index contributed by atoms with van der Waals surface area (Å²) in [7, 11) is 0. The second kappa shape index (κ2) is 5.43. The molecule has 0 spiro atoms. The zero-order valence-electron chi connectivity index (χ0n) is 8.67. The van der Waals surface area contributed by atoms with Crippen molar-refractivity contribution in [3.05, 3.63) is 19.9 Å². The predicted molar refractivity (Wildman–Crippen MR) is 72.6 cm³/mol. The summed E-state index contributed by atoms with van der Waals surface area (Å²) in [6.45, 7) is 0. The van der Waals surface area contributed by atoms with E-state index in [9.17, 15) is 4.79 Å². The molecule has 0 bridgehead atoms. The maximum Gasteiger partial charge on any atom is 0.164 e. The second-order valence-electron chi connectivity index (χ2n) is 4.27. The summed E-state index contributed by atoms with van der Waals surface area (Å²) < 4.78 is 1.21. The van der Waals surface area contributed by atoms with Crippen molar-refractivity contribution >= 4 is 39.7 Å². The summed E-state index contributed by atoms with van der Waals surface area (Å²) in [5.41, 5.74) is 0.926. The number of carbonyl (C=O) groups is 1. The summed E-state index contributed by atoms with van der Waals surface area (Å²) in [6, 6.07) is 2.01. The van der Waals surface area contributed by atoms with Gasteiger partial charge >= 0.3 is 0 Å². The Bertz CT molecular complexity index is 339. The van der Waals surface area contributed by atoms with Crippen LogP contribution in [0.2, 0.25) is 0 Å². The maximum absolute atomic E-state index is 11.9. The topological polar surface area (TPSA) is 17.1 Å². The van der Waals surface area contributed by atoms with Crippen molar-refractivity contribution in [2.24, 2.45) is 5.92 Å². The average Bonchev–Trinajstić information content (AvgIpc) is 2.66. The Morgan fingerprint density at radius 3 is 2.73 bits per heavy atom. The zero-order valence-corrected chi connectivity index (χ0v) is 11.6. The van der Waals surface area contributed by atoms with Crippen molar-refractivity contribution in [2.45, 2.75) is 38.5 Å². The number of rotatable bonds is 3. The third-order valence-electron chi connectivity index (χ3n) is 3.09. The van der Waals surface area contributed by atoms with Crippen LogP contribution in [0.1, 0.15) is 48.9 Å². The molecule has 1 aromatic rings. The molecular formula is C12H15IOS. The summed E-state index contributed by atoms with van der Waals surface area (Å²) in [5.74, 6) is 1.00.